The average Bonchev–Trinajstić information content (AvgIpc) is 2.10. The number of halogens is 1. The quantitative estimate of drug-likeness (QED) is 0.172. The molecule has 7 nitrogen and oxygen atoms in total. The van der Waals surface area contributed by atoms with Crippen LogP contribution in [0.15, 0.2) is 5.16 Å². The highest BCUT2D eigenvalue weighted by molar-refractivity contribution is 5.85. The number of carbonyl (C=O) groups is 1. The van der Waals surface area contributed by atoms with E-state index < -0.39 is 12.0 Å². The van der Waals surface area contributed by atoms with E-state index in [-0.39, 0.29) is 25.0 Å². The molecule has 6 N–H and O–H groups in total. The first kappa shape index (κ1) is 15.3. The second-order valence-corrected chi connectivity index (χ2v) is 2.27. The number of hydrogen-bond acceptors (Lipinski definition) is 5. The van der Waals surface area contributed by atoms with Gasteiger partial charge < -0.3 is 26.8 Å². The van der Waals surface area contributed by atoms with Gasteiger partial charge >= 0.3 is 5.97 Å². The van der Waals surface area contributed by atoms with Crippen LogP contribution in [-0.4, -0.2) is 31.7 Å². The second kappa shape index (κ2) is 8.39. The van der Waals surface area contributed by atoms with Gasteiger partial charge in [-0.05, 0) is 5.16 Å². The lowest BCUT2D eigenvalue weighted by Crippen LogP contribution is -2.32. The third kappa shape index (κ3) is 7.44. The summed E-state index contributed by atoms with van der Waals surface area (Å²) in [5.41, 5.74) is 15.3. The van der Waals surface area contributed by atoms with Crippen LogP contribution in [0.5, 0.6) is 0 Å². The molecule has 0 fully saturated rings. The van der Waals surface area contributed by atoms with Gasteiger partial charge in [0.1, 0.15) is 12.6 Å². The molecule has 0 bridgehead atoms. The first-order valence-electron chi connectivity index (χ1n) is 3.62. The number of oxime groups is 1. The second-order valence-electron chi connectivity index (χ2n) is 2.27. The maximum atomic E-state index is 10.8. The summed E-state index contributed by atoms with van der Waals surface area (Å²) in [5.74, 6) is -0.667. The van der Waals surface area contributed by atoms with Gasteiger partial charge in [0.25, 0.3) is 0 Å². The lowest BCUT2D eigenvalue weighted by atomic mass is 10.2. The van der Waals surface area contributed by atoms with Crippen molar-refractivity contribution in [3.8, 4) is 0 Å². The monoisotopic (exact) mass is 226 g/mol. The highest BCUT2D eigenvalue weighted by atomic mass is 35.5. The molecule has 0 rings (SSSR count). The highest BCUT2D eigenvalue weighted by Crippen LogP contribution is 1.92. The van der Waals surface area contributed by atoms with Gasteiger partial charge in [-0.3, -0.25) is 4.79 Å². The van der Waals surface area contributed by atoms with Gasteiger partial charge in [-0.25, -0.2) is 0 Å². The molecule has 0 aromatic rings. The fourth-order valence-corrected chi connectivity index (χ4v) is 0.569. The van der Waals surface area contributed by atoms with Gasteiger partial charge in [-0.15, -0.1) is 12.4 Å². The van der Waals surface area contributed by atoms with Crippen molar-refractivity contribution in [1.29, 1.82) is 0 Å². The van der Waals surface area contributed by atoms with Crippen molar-refractivity contribution in [2.75, 3.05) is 13.7 Å². The maximum absolute atomic E-state index is 10.8. The molecule has 0 saturated heterocycles. The minimum absolute atomic E-state index is 0. The molecule has 0 aliphatic heterocycles. The standard InChI is InChI=1S/C6H14N4O3.ClH/c1-12-5(11)4(7)2-3-13-10-6(8)9;/h4H,2-3,7H2,1H3,(H4,8,9,10);1H. The van der Waals surface area contributed by atoms with E-state index in [4.69, 9.17) is 17.2 Å². The molecule has 0 aromatic carbocycles. The average molecular weight is 227 g/mol. The predicted octanol–water partition coefficient (Wildman–Crippen LogP) is -1.50. The van der Waals surface area contributed by atoms with E-state index in [0.29, 0.717) is 6.42 Å². The van der Waals surface area contributed by atoms with Gasteiger partial charge in [0.15, 0.2) is 0 Å². The number of ether oxygens (including phenoxy) is 1. The first-order chi connectivity index (χ1) is 6.07. The van der Waals surface area contributed by atoms with Crippen LogP contribution in [0.25, 0.3) is 0 Å². The maximum Gasteiger partial charge on any atom is 0.322 e. The largest absolute Gasteiger partial charge is 0.468 e. The molecule has 0 aliphatic rings. The zero-order valence-electron chi connectivity index (χ0n) is 7.80. The first-order valence-corrected chi connectivity index (χ1v) is 3.62. The van der Waals surface area contributed by atoms with Crippen LogP contribution >= 0.6 is 12.4 Å². The molecule has 0 heterocycles. The summed E-state index contributed by atoms with van der Waals surface area (Å²) in [7, 11) is 1.26. The molecule has 14 heavy (non-hydrogen) atoms. The molecule has 0 aromatic heterocycles. The molecule has 0 aliphatic carbocycles. The molecule has 1 atom stereocenters. The van der Waals surface area contributed by atoms with E-state index in [1.54, 1.807) is 0 Å². The Morgan fingerprint density at radius 1 is 1.50 bits per heavy atom. The number of nitrogens with zero attached hydrogens (tertiary/aromatic N) is 1. The summed E-state index contributed by atoms with van der Waals surface area (Å²) in [6.07, 6.45) is 0.295. The number of hydrogen-bond donors (Lipinski definition) is 3. The lowest BCUT2D eigenvalue weighted by Gasteiger charge is -2.07. The summed E-state index contributed by atoms with van der Waals surface area (Å²) in [6, 6.07) is -0.709. The predicted molar refractivity (Wildman–Crippen MR) is 53.6 cm³/mol. The van der Waals surface area contributed by atoms with Gasteiger partial charge in [0.2, 0.25) is 5.96 Å². The van der Waals surface area contributed by atoms with E-state index in [9.17, 15) is 4.79 Å². The van der Waals surface area contributed by atoms with Gasteiger partial charge in [-0.2, -0.15) is 0 Å². The normalized spacial score (nSPS) is 10.7. The van der Waals surface area contributed by atoms with Crippen LogP contribution in [0.1, 0.15) is 6.42 Å². The Balaban J connectivity index is 0. The minimum Gasteiger partial charge on any atom is -0.468 e. The summed E-state index contributed by atoms with van der Waals surface area (Å²) in [5, 5.41) is 3.25. The molecular weight excluding hydrogens is 212 g/mol. The highest BCUT2D eigenvalue weighted by Gasteiger charge is 2.12. The molecular formula is C6H15ClN4O3. The molecule has 0 spiro atoms. The Bertz CT molecular complexity index is 196. The van der Waals surface area contributed by atoms with E-state index in [1.807, 2.05) is 0 Å². The third-order valence-corrected chi connectivity index (χ3v) is 1.19. The summed E-state index contributed by atoms with van der Waals surface area (Å²) >= 11 is 0. The number of esters is 1. The Morgan fingerprint density at radius 3 is 2.50 bits per heavy atom. The molecule has 1 unspecified atom stereocenters. The van der Waals surface area contributed by atoms with Gasteiger partial charge in [0.05, 0.1) is 7.11 Å². The zero-order valence-corrected chi connectivity index (χ0v) is 8.62. The van der Waals surface area contributed by atoms with Crippen LogP contribution in [0.2, 0.25) is 0 Å². The molecule has 0 saturated carbocycles. The fourth-order valence-electron chi connectivity index (χ4n) is 0.569. The van der Waals surface area contributed by atoms with Crippen molar-refractivity contribution in [3.63, 3.8) is 0 Å². The fraction of sp³-hybridized carbons (Fsp3) is 0.667. The SMILES string of the molecule is COC(=O)C(N)CCON=C(N)N.Cl. The topological polar surface area (TPSA) is 126 Å². The number of nitrogens with two attached hydrogens (primary N) is 3. The third-order valence-electron chi connectivity index (χ3n) is 1.19. The number of rotatable bonds is 5. The Hall–Kier alpha value is -1.21. The van der Waals surface area contributed by atoms with Crippen LogP contribution < -0.4 is 17.2 Å². The Morgan fingerprint density at radius 2 is 2.07 bits per heavy atom. The van der Waals surface area contributed by atoms with Crippen LogP contribution in [0.4, 0.5) is 0 Å². The van der Waals surface area contributed by atoms with Crippen LogP contribution in [0.3, 0.4) is 0 Å². The van der Waals surface area contributed by atoms with Crippen molar-refractivity contribution in [2.24, 2.45) is 22.4 Å². The van der Waals surface area contributed by atoms with Crippen molar-refractivity contribution < 1.29 is 14.4 Å². The van der Waals surface area contributed by atoms with Crippen molar-refractivity contribution in [2.45, 2.75) is 12.5 Å². The zero-order chi connectivity index (χ0) is 10.3. The van der Waals surface area contributed by atoms with Crippen molar-refractivity contribution in [1.82, 2.24) is 0 Å². The Labute approximate surface area is 88.0 Å². The van der Waals surface area contributed by atoms with Crippen LogP contribution in [0, 0.1) is 0 Å². The number of carbonyl (C=O) groups excluding carboxylic acids is 1. The Kier molecular flexibility index (Phi) is 9.15. The summed E-state index contributed by atoms with van der Waals surface area (Å²) in [6.45, 7) is 0.161. The minimum atomic E-state index is -0.709. The molecule has 84 valence electrons. The summed E-state index contributed by atoms with van der Waals surface area (Å²) in [4.78, 5) is 15.4. The van der Waals surface area contributed by atoms with E-state index in [0.717, 1.165) is 0 Å². The van der Waals surface area contributed by atoms with Crippen LogP contribution in [-0.2, 0) is 14.4 Å². The van der Waals surface area contributed by atoms with Crippen molar-refractivity contribution in [3.05, 3.63) is 0 Å². The van der Waals surface area contributed by atoms with Gasteiger partial charge in [0, 0.05) is 6.42 Å². The van der Waals surface area contributed by atoms with Gasteiger partial charge in [-0.1, -0.05) is 0 Å². The number of guanidine groups is 1. The van der Waals surface area contributed by atoms with E-state index >= 15 is 0 Å². The summed E-state index contributed by atoms with van der Waals surface area (Å²) < 4.78 is 4.39. The van der Waals surface area contributed by atoms with E-state index in [1.165, 1.54) is 7.11 Å². The molecule has 8 heteroatoms. The van der Waals surface area contributed by atoms with E-state index in [2.05, 4.69) is 14.7 Å². The lowest BCUT2D eigenvalue weighted by molar-refractivity contribution is -0.142. The van der Waals surface area contributed by atoms with Crippen molar-refractivity contribution >= 4 is 24.3 Å². The molecule has 0 amide bonds. The molecule has 0 radical (unpaired) electrons. The smallest absolute Gasteiger partial charge is 0.322 e. The number of methoxy groups -OCH3 is 1.